The van der Waals surface area contributed by atoms with Crippen molar-refractivity contribution in [1.82, 2.24) is 14.4 Å². The van der Waals surface area contributed by atoms with Crippen LogP contribution in [0, 0.1) is 12.1 Å². The Morgan fingerprint density at radius 2 is 1.40 bits per heavy atom. The summed E-state index contributed by atoms with van der Waals surface area (Å²) in [5.74, 6) is 2.12. The summed E-state index contributed by atoms with van der Waals surface area (Å²) in [6.07, 6.45) is 1.88. The Hall–Kier alpha value is -6.17. The third-order valence-electron chi connectivity index (χ3n) is 14.1. The minimum Gasteiger partial charge on any atom is -0.503 e. The zero-order valence-corrected chi connectivity index (χ0v) is 38.1. The fourth-order valence-electron chi connectivity index (χ4n) is 10.3. The molecule has 6 aromatic carbocycles. The number of hydrogen-bond donors (Lipinski definition) is 0. The number of benzene rings is 6. The largest absolute Gasteiger partial charge is 2.00 e. The summed E-state index contributed by atoms with van der Waals surface area (Å²) in [5.41, 5.74) is 14.1. The van der Waals surface area contributed by atoms with Crippen molar-refractivity contribution in [2.24, 2.45) is 0 Å². The molecule has 304 valence electrons. The molecule has 3 aliphatic rings. The van der Waals surface area contributed by atoms with E-state index in [2.05, 4.69) is 196 Å². The van der Waals surface area contributed by atoms with Gasteiger partial charge in [0.15, 0.2) is 0 Å². The quantitative estimate of drug-likeness (QED) is 0.0999. The maximum Gasteiger partial charge on any atom is 2.00 e. The summed E-state index contributed by atoms with van der Waals surface area (Å²) in [4.78, 5) is 15.3. The van der Waals surface area contributed by atoms with Gasteiger partial charge in [-0.25, -0.2) is 4.98 Å². The molecule has 0 atom stereocenters. The molecule has 0 saturated heterocycles. The monoisotopic (exact) mass is 984 g/mol. The molecule has 8 heteroatoms. The predicted octanol–water partition coefficient (Wildman–Crippen LogP) is 12.6. The van der Waals surface area contributed by atoms with Gasteiger partial charge in [-0.3, -0.25) is 4.98 Å². The van der Waals surface area contributed by atoms with Gasteiger partial charge < -0.3 is 18.8 Å². The van der Waals surface area contributed by atoms with Crippen molar-refractivity contribution < 1.29 is 25.8 Å². The first-order valence-corrected chi connectivity index (χ1v) is 21.3. The Kier molecular flexibility index (Phi) is 8.38. The first-order chi connectivity index (χ1) is 29.4. The van der Waals surface area contributed by atoms with Gasteiger partial charge in [0.1, 0.15) is 5.82 Å². The summed E-state index contributed by atoms with van der Waals surface area (Å²) in [5, 5.41) is 3.22. The van der Waals surface area contributed by atoms with Crippen molar-refractivity contribution in [3.8, 4) is 33.9 Å². The molecule has 6 heterocycles. The summed E-state index contributed by atoms with van der Waals surface area (Å²) >= 11 is 0. The molecule has 12 rings (SSSR count). The number of hydrogen-bond acceptors (Lipinski definition) is 5. The molecule has 0 N–H and O–H groups in total. The molecule has 0 spiro atoms. The maximum absolute atomic E-state index is 6.96. The molecular formula is C54H44BN5OPt. The van der Waals surface area contributed by atoms with Crippen LogP contribution in [0.15, 0.2) is 140 Å². The van der Waals surface area contributed by atoms with Crippen LogP contribution in [0.5, 0.6) is 11.5 Å². The summed E-state index contributed by atoms with van der Waals surface area (Å²) in [6.45, 7) is 16.1. The van der Waals surface area contributed by atoms with E-state index in [0.29, 0.717) is 11.5 Å². The Morgan fingerprint density at radius 1 is 0.661 bits per heavy atom. The fraction of sp³-hybridized carbons (Fsp3) is 0.185. The van der Waals surface area contributed by atoms with Crippen molar-refractivity contribution in [1.29, 1.82) is 0 Å². The van der Waals surface area contributed by atoms with Gasteiger partial charge in [-0.1, -0.05) is 162 Å². The summed E-state index contributed by atoms with van der Waals surface area (Å²) in [7, 11) is 0. The normalized spacial score (nSPS) is 15.4. The third kappa shape index (κ3) is 5.27. The topological polar surface area (TPSA) is 45.9 Å². The van der Waals surface area contributed by atoms with E-state index in [9.17, 15) is 0 Å². The summed E-state index contributed by atoms with van der Waals surface area (Å²) < 4.78 is 9.38. The van der Waals surface area contributed by atoms with Crippen LogP contribution in [-0.4, -0.2) is 21.4 Å². The van der Waals surface area contributed by atoms with Crippen LogP contribution in [0.25, 0.3) is 49.7 Å². The van der Waals surface area contributed by atoms with Gasteiger partial charge in [0.25, 0.3) is 0 Å². The van der Waals surface area contributed by atoms with E-state index in [1.165, 1.54) is 38.8 Å². The number of aromatic nitrogens is 3. The third-order valence-corrected chi connectivity index (χ3v) is 14.1. The zero-order valence-electron chi connectivity index (χ0n) is 35.8. The van der Waals surface area contributed by atoms with Crippen LogP contribution in [0.3, 0.4) is 0 Å². The van der Waals surface area contributed by atoms with E-state index >= 15 is 0 Å². The minimum absolute atomic E-state index is 0. The first kappa shape index (κ1) is 38.7. The van der Waals surface area contributed by atoms with Gasteiger partial charge in [-0.05, 0) is 45.6 Å². The fourth-order valence-corrected chi connectivity index (χ4v) is 10.3. The summed E-state index contributed by atoms with van der Waals surface area (Å²) in [6, 6.07) is 55.1. The molecule has 6 nitrogen and oxygen atoms in total. The molecule has 3 aliphatic heterocycles. The van der Waals surface area contributed by atoms with E-state index in [4.69, 9.17) is 14.7 Å². The SMILES string of the molecule is CC(C)(C)c1cc(Oc2[c-]c3c(cc2)c2cccc4c2n2c(c(-c5ccccc5)nc32)C(C)(C)C4(C)C)[c-]c(N2B3c4ccccc4-c4ccccc4N3c3cccnc32)c1.[Pt+2]. The molecule has 0 amide bonds. The number of imidazole rings is 1. The van der Waals surface area contributed by atoms with Crippen LogP contribution in [0.2, 0.25) is 0 Å². The Morgan fingerprint density at radius 3 is 2.21 bits per heavy atom. The van der Waals surface area contributed by atoms with Crippen molar-refractivity contribution >= 4 is 62.6 Å². The molecule has 0 aliphatic carbocycles. The molecule has 0 radical (unpaired) electrons. The van der Waals surface area contributed by atoms with Crippen molar-refractivity contribution in [2.45, 2.75) is 64.7 Å². The van der Waals surface area contributed by atoms with Crippen molar-refractivity contribution in [3.05, 3.63) is 169 Å². The number of pyridine rings is 2. The van der Waals surface area contributed by atoms with E-state index in [1.807, 2.05) is 18.3 Å². The van der Waals surface area contributed by atoms with Crippen LogP contribution >= 0.6 is 0 Å². The average molecular weight is 985 g/mol. The van der Waals surface area contributed by atoms with Crippen molar-refractivity contribution in [3.63, 3.8) is 0 Å². The van der Waals surface area contributed by atoms with Crippen LogP contribution in [-0.2, 0) is 37.3 Å². The minimum atomic E-state index is -0.237. The zero-order chi connectivity index (χ0) is 41.6. The standard InChI is InChI=1S/C54H44BN5O.Pt/c1-52(2,3)34-29-35(59-51-46(25-16-28-56-51)60-45-24-14-12-20-40(45)39-19-11-13-23-44(39)55(59)60)31-37(30-34)61-36-26-27-38-41-21-15-22-43-48(41)58-49(54(6,7)53(43,4)5)47(33-17-9-8-10-18-33)57-50(58)42(38)32-36;/h8-30H,1-7H3;/q-2;+2. The van der Waals surface area contributed by atoms with Crippen LogP contribution < -0.4 is 19.8 Å². The van der Waals surface area contributed by atoms with Gasteiger partial charge in [-0.2, -0.15) is 0 Å². The molecule has 0 fully saturated rings. The molecule has 0 saturated carbocycles. The molecular weight excluding hydrogens is 941 g/mol. The molecule has 0 unspecified atom stereocenters. The molecule has 9 aromatic rings. The molecule has 3 aromatic heterocycles. The van der Waals surface area contributed by atoms with Gasteiger partial charge in [0, 0.05) is 56.6 Å². The number of fused-ring (bicyclic) bond motifs is 11. The van der Waals surface area contributed by atoms with Gasteiger partial charge in [0.05, 0.1) is 17.0 Å². The molecule has 62 heavy (non-hydrogen) atoms. The van der Waals surface area contributed by atoms with E-state index < -0.39 is 0 Å². The Bertz CT molecular complexity index is 3310. The van der Waals surface area contributed by atoms with E-state index in [1.54, 1.807) is 0 Å². The number of ether oxygens (including phenoxy) is 1. The van der Waals surface area contributed by atoms with E-state index in [0.717, 1.165) is 56.1 Å². The second kappa shape index (κ2) is 13.4. The number of para-hydroxylation sites is 2. The molecule has 0 bridgehead atoms. The van der Waals surface area contributed by atoms with Crippen LogP contribution in [0.1, 0.15) is 65.3 Å². The maximum atomic E-state index is 6.96. The number of anilines is 4. The van der Waals surface area contributed by atoms with Crippen molar-refractivity contribution in [2.75, 3.05) is 9.62 Å². The smallest absolute Gasteiger partial charge is 0.503 e. The predicted molar refractivity (Wildman–Crippen MR) is 250 cm³/mol. The van der Waals surface area contributed by atoms with Gasteiger partial charge >= 0.3 is 28.0 Å². The number of nitrogens with zero attached hydrogens (tertiary/aromatic N) is 5. The second-order valence-electron chi connectivity index (χ2n) is 18.9. The average Bonchev–Trinajstić information content (AvgIpc) is 3.85. The second-order valence-corrected chi connectivity index (χ2v) is 18.9. The Balaban J connectivity index is 0.00000432. The van der Waals surface area contributed by atoms with Gasteiger partial charge in [0.2, 0.25) is 0 Å². The van der Waals surface area contributed by atoms with E-state index in [-0.39, 0.29) is 44.3 Å². The van der Waals surface area contributed by atoms with Crippen LogP contribution in [0.4, 0.5) is 22.9 Å². The Labute approximate surface area is 377 Å². The number of rotatable bonds is 4. The van der Waals surface area contributed by atoms with Gasteiger partial charge in [-0.15, -0.1) is 35.9 Å². The first-order valence-electron chi connectivity index (χ1n) is 21.3.